The molecule has 3 rings (SSSR count). The van der Waals surface area contributed by atoms with Crippen LogP contribution in [0.15, 0.2) is 59.9 Å². The van der Waals surface area contributed by atoms with Crippen molar-refractivity contribution in [3.63, 3.8) is 0 Å². The largest absolute Gasteiger partial charge is 0.416 e. The van der Waals surface area contributed by atoms with Gasteiger partial charge in [0.15, 0.2) is 0 Å². The lowest BCUT2D eigenvalue weighted by molar-refractivity contribution is -0.138. The highest BCUT2D eigenvalue weighted by Gasteiger charge is 2.67. The highest BCUT2D eigenvalue weighted by atomic mass is 30.2. The molecule has 208 valence electrons. The first kappa shape index (κ1) is 31.3. The first-order valence-electron chi connectivity index (χ1n) is 12.8. The van der Waals surface area contributed by atoms with Crippen LogP contribution in [0.3, 0.4) is 0 Å². The van der Waals surface area contributed by atoms with Crippen molar-refractivity contribution in [2.75, 3.05) is 0 Å². The molecule has 1 heterocycles. The maximum absolute atomic E-state index is 13.0. The predicted molar refractivity (Wildman–Crippen MR) is 165 cm³/mol. The number of hydrogen-bond donors (Lipinski definition) is 0. The van der Waals surface area contributed by atoms with E-state index in [1.807, 2.05) is 0 Å². The van der Waals surface area contributed by atoms with Gasteiger partial charge in [-0.25, -0.2) is 0 Å². The van der Waals surface area contributed by atoms with E-state index >= 15 is 0 Å². The molecule has 0 aromatic heterocycles. The van der Waals surface area contributed by atoms with E-state index in [1.54, 1.807) is 24.3 Å². The molecule has 0 aliphatic carbocycles. The SMILES string of the molecule is C[Si]1(C)[SiH](/C=C/c2ccc(C(F)(F)F)cc2)[Si](C)(C)[Si](C)(C)[SiH](/C=C/c2ccc(C(F)(F)F)cc2)[Si]1(C)C. The van der Waals surface area contributed by atoms with Gasteiger partial charge >= 0.3 is 12.4 Å². The topological polar surface area (TPSA) is 0 Å². The molecule has 2 aromatic carbocycles. The fraction of sp³-hybridized carbons (Fsp3) is 0.385. The Bertz CT molecular complexity index is 1070. The number of rotatable bonds is 4. The van der Waals surface area contributed by atoms with Crippen molar-refractivity contribution in [1.82, 2.24) is 0 Å². The van der Waals surface area contributed by atoms with E-state index in [0.29, 0.717) is 0 Å². The minimum absolute atomic E-state index is 0.621. The second-order valence-corrected chi connectivity index (χ2v) is 79.9. The molecule has 1 aliphatic rings. The Kier molecular flexibility index (Phi) is 8.51. The molecular formula is C26H38F6Si6. The Morgan fingerprint density at radius 3 is 0.921 bits per heavy atom. The summed E-state index contributed by atoms with van der Waals surface area (Å²) in [6.07, 6.45) is -4.45. The van der Waals surface area contributed by atoms with Crippen LogP contribution in [0.25, 0.3) is 12.2 Å². The highest BCUT2D eigenvalue weighted by Crippen LogP contribution is 2.43. The van der Waals surface area contributed by atoms with Gasteiger partial charge in [0.1, 0.15) is 0 Å². The second-order valence-electron chi connectivity index (χ2n) is 12.8. The second kappa shape index (κ2) is 10.3. The van der Waals surface area contributed by atoms with Crippen molar-refractivity contribution < 1.29 is 26.3 Å². The molecule has 0 atom stereocenters. The fourth-order valence-corrected chi connectivity index (χ4v) is 232. The van der Waals surface area contributed by atoms with Gasteiger partial charge in [-0.05, 0) is 35.4 Å². The summed E-state index contributed by atoms with van der Waals surface area (Å²) in [5, 5.41) is 0. The Morgan fingerprint density at radius 2 is 0.711 bits per heavy atom. The van der Waals surface area contributed by atoms with Crippen LogP contribution in [-0.2, 0) is 12.4 Å². The maximum Gasteiger partial charge on any atom is 0.416 e. The average molecular weight is 633 g/mol. The van der Waals surface area contributed by atoms with Crippen LogP contribution in [-0.4, -0.2) is 44.1 Å². The third kappa shape index (κ3) is 5.80. The molecule has 38 heavy (non-hydrogen) atoms. The molecule has 0 amide bonds. The van der Waals surface area contributed by atoms with Gasteiger partial charge in [0.05, 0.1) is 11.1 Å². The molecule has 1 fully saturated rings. The first-order chi connectivity index (χ1) is 17.1. The lowest BCUT2D eigenvalue weighted by Crippen LogP contribution is -2.92. The molecule has 0 unspecified atom stereocenters. The molecule has 0 N–H and O–H groups in total. The number of halogens is 6. The van der Waals surface area contributed by atoms with Gasteiger partial charge in [0.25, 0.3) is 0 Å². The van der Waals surface area contributed by atoms with E-state index in [4.69, 9.17) is 0 Å². The monoisotopic (exact) mass is 632 g/mol. The molecule has 12 heteroatoms. The van der Waals surface area contributed by atoms with Gasteiger partial charge in [0.2, 0.25) is 0 Å². The lowest BCUT2D eigenvalue weighted by atomic mass is 10.1. The molecule has 0 spiro atoms. The quantitative estimate of drug-likeness (QED) is 0.235. The molecule has 1 saturated heterocycles. The van der Waals surface area contributed by atoms with Crippen molar-refractivity contribution in [3.8, 4) is 0 Å². The van der Waals surface area contributed by atoms with Crippen molar-refractivity contribution in [2.45, 2.75) is 64.7 Å². The van der Waals surface area contributed by atoms with Crippen molar-refractivity contribution in [3.05, 3.63) is 82.2 Å². The summed E-state index contributed by atoms with van der Waals surface area (Å²) in [6, 6.07) is 11.0. The van der Waals surface area contributed by atoms with Crippen molar-refractivity contribution in [2.24, 2.45) is 0 Å². The molecule has 0 radical (unpaired) electrons. The summed E-state index contributed by atoms with van der Waals surface area (Å²) in [7, 11) is -9.13. The molecular weight excluding hydrogens is 595 g/mol. The summed E-state index contributed by atoms with van der Waals surface area (Å²) < 4.78 is 78.0. The van der Waals surface area contributed by atoms with Crippen LogP contribution in [0.2, 0.25) is 52.4 Å². The first-order valence-corrected chi connectivity index (χ1v) is 35.4. The lowest BCUT2D eigenvalue weighted by Gasteiger charge is -2.64. The maximum atomic E-state index is 13.0. The van der Waals surface area contributed by atoms with Gasteiger partial charge in [-0.3, -0.25) is 0 Å². The third-order valence-corrected chi connectivity index (χ3v) is 145. The minimum atomic E-state index is -4.33. The molecule has 2 aromatic rings. The zero-order valence-electron chi connectivity index (χ0n) is 23.4. The van der Waals surface area contributed by atoms with Crippen LogP contribution in [0.5, 0.6) is 0 Å². The van der Waals surface area contributed by atoms with Crippen LogP contribution < -0.4 is 0 Å². The van der Waals surface area contributed by atoms with E-state index in [9.17, 15) is 26.3 Å². The van der Waals surface area contributed by atoms with E-state index in [2.05, 4.69) is 75.9 Å². The van der Waals surface area contributed by atoms with Gasteiger partial charge in [-0.15, -0.1) is 11.4 Å². The predicted octanol–water partition coefficient (Wildman–Crippen LogP) is 8.30. The van der Waals surface area contributed by atoms with E-state index in [-0.39, 0.29) is 0 Å². The molecule has 0 saturated carbocycles. The van der Waals surface area contributed by atoms with Crippen LogP contribution in [0, 0.1) is 0 Å². The summed E-state index contributed by atoms with van der Waals surface area (Å²) in [6.45, 7) is 20.6. The van der Waals surface area contributed by atoms with Crippen molar-refractivity contribution in [1.29, 1.82) is 0 Å². The van der Waals surface area contributed by atoms with Crippen LogP contribution in [0.4, 0.5) is 26.3 Å². The molecule has 1 aliphatic heterocycles. The normalized spacial score (nSPS) is 24.7. The number of alkyl halides is 6. The molecule has 0 bridgehead atoms. The summed E-state index contributed by atoms with van der Waals surface area (Å²) in [5.41, 5.74) is 5.42. The highest BCUT2D eigenvalue weighted by molar-refractivity contribution is 8.09. The van der Waals surface area contributed by atoms with Crippen LogP contribution in [0.1, 0.15) is 22.3 Å². The summed E-state index contributed by atoms with van der Waals surface area (Å²) in [5.74, 6) is 0. The number of benzene rings is 2. The Labute approximate surface area is 228 Å². The fourth-order valence-electron chi connectivity index (χ4n) is 6.35. The zero-order valence-corrected chi connectivity index (χ0v) is 29.7. The minimum Gasteiger partial charge on any atom is -0.166 e. The van der Waals surface area contributed by atoms with E-state index in [0.717, 1.165) is 11.1 Å². The number of hydrogen-bond acceptors (Lipinski definition) is 0. The van der Waals surface area contributed by atoms with Gasteiger partial charge < -0.3 is 0 Å². The Hall–Kier alpha value is -1.20. The zero-order chi connectivity index (χ0) is 28.9. The standard InChI is InChI=1S/C26H38F6Si6/c1-35(2)33(19-17-21-9-13-23(14-10-21)25(27,28)29)37(5,6)38(7,8)34(36(35,3)4)20-18-22-11-15-24(16-12-22)26(30,31)32/h9-20,33-34H,1-8H3/b19-17+,20-18+. The van der Waals surface area contributed by atoms with Gasteiger partial charge in [-0.1, -0.05) is 88.8 Å². The average Bonchev–Trinajstić information content (AvgIpc) is 2.77. The van der Waals surface area contributed by atoms with E-state index < -0.39 is 67.6 Å². The Morgan fingerprint density at radius 1 is 0.474 bits per heavy atom. The van der Waals surface area contributed by atoms with Gasteiger partial charge in [0, 0.05) is 44.1 Å². The van der Waals surface area contributed by atoms with E-state index in [1.165, 1.54) is 24.3 Å². The smallest absolute Gasteiger partial charge is 0.166 e. The third-order valence-electron chi connectivity index (χ3n) is 9.87. The van der Waals surface area contributed by atoms with Crippen LogP contribution >= 0.6 is 0 Å². The van der Waals surface area contributed by atoms with Crippen molar-refractivity contribution >= 4 is 56.3 Å². The Balaban J connectivity index is 1.96. The van der Waals surface area contributed by atoms with Gasteiger partial charge in [-0.2, -0.15) is 26.3 Å². The summed E-state index contributed by atoms with van der Waals surface area (Å²) >= 11 is 0. The summed E-state index contributed by atoms with van der Waals surface area (Å²) in [4.78, 5) is 0. The molecule has 0 nitrogen and oxygen atoms in total.